The van der Waals surface area contributed by atoms with Gasteiger partial charge in [-0.3, -0.25) is 4.79 Å². The second kappa shape index (κ2) is 6.40. The minimum Gasteiger partial charge on any atom is -0.480 e. The third-order valence-corrected chi connectivity index (χ3v) is 2.77. The Morgan fingerprint density at radius 3 is 2.60 bits per heavy atom. The van der Waals surface area contributed by atoms with E-state index in [-0.39, 0.29) is 18.8 Å². The van der Waals surface area contributed by atoms with Gasteiger partial charge in [0.15, 0.2) is 0 Å². The first-order valence-electron chi connectivity index (χ1n) is 5.85. The molecule has 20 heavy (non-hydrogen) atoms. The molecule has 5 N–H and O–H groups in total. The first kappa shape index (κ1) is 16.0. The molecule has 0 unspecified atom stereocenters. The van der Waals surface area contributed by atoms with Crippen molar-refractivity contribution < 1.29 is 9.90 Å². The van der Waals surface area contributed by atoms with Crippen molar-refractivity contribution in [3.8, 4) is 0 Å². The maximum Gasteiger partial charge on any atom is 0.323 e. The highest BCUT2D eigenvalue weighted by atomic mass is 35.5. The molecule has 0 fully saturated rings. The summed E-state index contributed by atoms with van der Waals surface area (Å²) >= 11 is 0. The van der Waals surface area contributed by atoms with Gasteiger partial charge in [-0.2, -0.15) is 0 Å². The van der Waals surface area contributed by atoms with Gasteiger partial charge in [0.05, 0.1) is 0 Å². The molecule has 2 rings (SSSR count). The summed E-state index contributed by atoms with van der Waals surface area (Å²) in [6.07, 6.45) is 3.66. The third kappa shape index (κ3) is 3.97. The summed E-state index contributed by atoms with van der Waals surface area (Å²) in [5.74, 6) is -0.354. The number of anilines is 2. The van der Waals surface area contributed by atoms with Crippen LogP contribution in [0.2, 0.25) is 0 Å². The maximum atomic E-state index is 11.0. The van der Waals surface area contributed by atoms with Gasteiger partial charge in [0.2, 0.25) is 5.95 Å². The number of carboxylic acids is 1. The van der Waals surface area contributed by atoms with Crippen LogP contribution in [0.5, 0.6) is 0 Å². The largest absolute Gasteiger partial charge is 0.480 e. The van der Waals surface area contributed by atoms with Crippen LogP contribution in [0.4, 0.5) is 11.6 Å². The van der Waals surface area contributed by atoms with E-state index in [0.29, 0.717) is 5.95 Å². The zero-order valence-electron chi connectivity index (χ0n) is 11.0. The molecule has 1 aromatic heterocycles. The van der Waals surface area contributed by atoms with Crippen molar-refractivity contribution >= 4 is 30.0 Å². The molecule has 0 aliphatic rings. The lowest BCUT2D eigenvalue weighted by atomic mass is 9.94. The number of aliphatic carboxylic acids is 1. The first-order valence-corrected chi connectivity index (χ1v) is 5.85. The van der Waals surface area contributed by atoms with Crippen LogP contribution in [0.15, 0.2) is 36.7 Å². The van der Waals surface area contributed by atoms with E-state index < -0.39 is 11.5 Å². The molecular formula is C13H17ClN4O2. The van der Waals surface area contributed by atoms with E-state index >= 15 is 0 Å². The Morgan fingerprint density at radius 1 is 1.45 bits per heavy atom. The molecule has 1 aromatic carbocycles. The van der Waals surface area contributed by atoms with Crippen molar-refractivity contribution in [2.45, 2.75) is 18.9 Å². The van der Waals surface area contributed by atoms with Crippen molar-refractivity contribution in [1.29, 1.82) is 0 Å². The predicted octanol–water partition coefficient (Wildman–Crippen LogP) is 1.92. The summed E-state index contributed by atoms with van der Waals surface area (Å²) in [4.78, 5) is 17.9. The normalized spacial score (nSPS) is 13.1. The third-order valence-electron chi connectivity index (χ3n) is 2.77. The van der Waals surface area contributed by atoms with Gasteiger partial charge in [0, 0.05) is 24.5 Å². The van der Waals surface area contributed by atoms with Crippen molar-refractivity contribution in [3.05, 3.63) is 42.2 Å². The zero-order chi connectivity index (χ0) is 13.9. The lowest BCUT2D eigenvalue weighted by molar-refractivity contribution is -0.142. The van der Waals surface area contributed by atoms with Crippen molar-refractivity contribution in [2.24, 2.45) is 5.73 Å². The van der Waals surface area contributed by atoms with Gasteiger partial charge in [0.1, 0.15) is 5.54 Å². The molecule has 0 saturated heterocycles. The number of hydrogen-bond donors (Lipinski definition) is 4. The molecule has 0 bridgehead atoms. The Bertz CT molecular complexity index is 552. The van der Waals surface area contributed by atoms with Crippen molar-refractivity contribution in [2.75, 3.05) is 5.32 Å². The minimum atomic E-state index is -1.25. The topological polar surface area (TPSA) is 104 Å². The monoisotopic (exact) mass is 296 g/mol. The Labute approximate surface area is 122 Å². The molecule has 108 valence electrons. The van der Waals surface area contributed by atoms with E-state index in [0.717, 1.165) is 11.3 Å². The highest BCUT2D eigenvalue weighted by Crippen LogP contribution is 2.16. The molecular weight excluding hydrogens is 280 g/mol. The number of halogens is 1. The lowest BCUT2D eigenvalue weighted by Crippen LogP contribution is -2.46. The number of benzene rings is 1. The number of H-pyrrole nitrogens is 1. The van der Waals surface area contributed by atoms with E-state index in [2.05, 4.69) is 15.3 Å². The number of carbonyl (C=O) groups is 1. The van der Waals surface area contributed by atoms with Gasteiger partial charge < -0.3 is 21.1 Å². The standard InChI is InChI=1S/C13H16N4O2.ClH/c1-13(14,11(18)19)8-9-2-4-10(5-3-9)17-12-15-6-7-16-12;/h2-7H,8,14H2,1H3,(H,18,19)(H2,15,16,17);1H/t13-;/m1./s1. The van der Waals surface area contributed by atoms with Crippen LogP contribution in [0, 0.1) is 0 Å². The number of hydrogen-bond acceptors (Lipinski definition) is 4. The Morgan fingerprint density at radius 2 is 2.10 bits per heavy atom. The highest BCUT2D eigenvalue weighted by Gasteiger charge is 2.27. The fourth-order valence-electron chi connectivity index (χ4n) is 1.68. The van der Waals surface area contributed by atoms with Crippen LogP contribution >= 0.6 is 12.4 Å². The quantitative estimate of drug-likeness (QED) is 0.675. The number of aromatic nitrogens is 2. The van der Waals surface area contributed by atoms with E-state index in [1.54, 1.807) is 12.4 Å². The average Bonchev–Trinajstić information content (AvgIpc) is 2.84. The van der Waals surface area contributed by atoms with Crippen molar-refractivity contribution in [3.63, 3.8) is 0 Å². The predicted molar refractivity (Wildman–Crippen MR) is 79.5 cm³/mol. The molecule has 7 heteroatoms. The second-order valence-corrected chi connectivity index (χ2v) is 4.66. The van der Waals surface area contributed by atoms with Gasteiger partial charge in [0.25, 0.3) is 0 Å². The number of carboxylic acid groups (broad SMARTS) is 1. The molecule has 0 amide bonds. The summed E-state index contributed by atoms with van der Waals surface area (Å²) in [5.41, 5.74) is 6.20. The number of rotatable bonds is 5. The van der Waals surface area contributed by atoms with Crippen LogP contribution < -0.4 is 11.1 Å². The minimum absolute atomic E-state index is 0. The number of nitrogens with one attached hydrogen (secondary N) is 2. The Balaban J connectivity index is 0.00000200. The van der Waals surface area contributed by atoms with Crippen LogP contribution in [0.3, 0.4) is 0 Å². The van der Waals surface area contributed by atoms with Crippen LogP contribution in [-0.2, 0) is 11.2 Å². The number of nitrogens with zero attached hydrogens (tertiary/aromatic N) is 1. The van der Waals surface area contributed by atoms with Crippen LogP contribution in [0.25, 0.3) is 0 Å². The number of aromatic amines is 1. The highest BCUT2D eigenvalue weighted by molar-refractivity contribution is 5.85. The smallest absolute Gasteiger partial charge is 0.323 e. The molecule has 0 spiro atoms. The van der Waals surface area contributed by atoms with E-state index in [4.69, 9.17) is 10.8 Å². The summed E-state index contributed by atoms with van der Waals surface area (Å²) in [5, 5.41) is 12.1. The van der Waals surface area contributed by atoms with Gasteiger partial charge in [-0.25, -0.2) is 4.98 Å². The lowest BCUT2D eigenvalue weighted by Gasteiger charge is -2.19. The molecule has 6 nitrogen and oxygen atoms in total. The zero-order valence-corrected chi connectivity index (χ0v) is 11.8. The number of imidazole rings is 1. The van der Waals surface area contributed by atoms with E-state index in [1.807, 2.05) is 24.3 Å². The Kier molecular flexibility index (Phi) is 5.12. The first-order chi connectivity index (χ1) is 8.97. The maximum absolute atomic E-state index is 11.0. The SMILES string of the molecule is C[C@@](N)(Cc1ccc(Nc2ncc[nH]2)cc1)C(=O)O.Cl. The molecule has 0 aliphatic heterocycles. The van der Waals surface area contributed by atoms with E-state index in [1.165, 1.54) is 6.92 Å². The second-order valence-electron chi connectivity index (χ2n) is 4.66. The molecule has 1 atom stereocenters. The van der Waals surface area contributed by atoms with Gasteiger partial charge in [-0.15, -0.1) is 12.4 Å². The molecule has 2 aromatic rings. The van der Waals surface area contributed by atoms with Crippen LogP contribution in [-0.4, -0.2) is 26.6 Å². The van der Waals surface area contributed by atoms with Crippen molar-refractivity contribution in [1.82, 2.24) is 9.97 Å². The van der Waals surface area contributed by atoms with Gasteiger partial charge in [-0.1, -0.05) is 12.1 Å². The Hall–Kier alpha value is -2.05. The molecule has 0 aliphatic carbocycles. The van der Waals surface area contributed by atoms with E-state index in [9.17, 15) is 4.79 Å². The summed E-state index contributed by atoms with van der Waals surface area (Å²) < 4.78 is 0. The molecule has 0 saturated carbocycles. The summed E-state index contributed by atoms with van der Waals surface area (Å²) in [7, 11) is 0. The summed E-state index contributed by atoms with van der Waals surface area (Å²) in [6, 6.07) is 7.41. The van der Waals surface area contributed by atoms with Gasteiger partial charge in [-0.05, 0) is 24.6 Å². The fraction of sp³-hybridized carbons (Fsp3) is 0.231. The average molecular weight is 297 g/mol. The van der Waals surface area contributed by atoms with Crippen LogP contribution in [0.1, 0.15) is 12.5 Å². The summed E-state index contributed by atoms with van der Waals surface area (Å²) in [6.45, 7) is 1.50. The molecule has 1 heterocycles. The molecule has 0 radical (unpaired) electrons. The fourth-order valence-corrected chi connectivity index (χ4v) is 1.68. The number of nitrogens with two attached hydrogens (primary N) is 1. The van der Waals surface area contributed by atoms with Gasteiger partial charge >= 0.3 is 5.97 Å².